The van der Waals surface area contributed by atoms with Gasteiger partial charge >= 0.3 is 0 Å². The fraction of sp³-hybridized carbons (Fsp3) is 0.611. The Kier molecular flexibility index (Phi) is 7.18. The van der Waals surface area contributed by atoms with Gasteiger partial charge in [-0.15, -0.1) is 0 Å². The molecule has 0 amide bonds. The third-order valence-electron chi connectivity index (χ3n) is 4.18. The van der Waals surface area contributed by atoms with Crippen LogP contribution in [0.2, 0.25) is 0 Å². The van der Waals surface area contributed by atoms with E-state index >= 15 is 0 Å². The number of rotatable bonds is 7. The van der Waals surface area contributed by atoms with Gasteiger partial charge in [-0.1, -0.05) is 6.07 Å². The minimum Gasteiger partial charge on any atom is -0.493 e. The molecule has 1 aliphatic rings. The minimum atomic E-state index is 0.583. The fourth-order valence-corrected chi connectivity index (χ4v) is 2.97. The zero-order valence-electron chi connectivity index (χ0n) is 15.2. The largest absolute Gasteiger partial charge is 0.493 e. The Bertz CT molecular complexity index is 548. The second-order valence-corrected chi connectivity index (χ2v) is 5.92. The third kappa shape index (κ3) is 4.77. The van der Waals surface area contributed by atoms with E-state index < -0.39 is 0 Å². The molecular formula is C18H29N3O3. The molecule has 0 radical (unpaired) electrons. The van der Waals surface area contributed by atoms with Gasteiger partial charge in [-0.2, -0.15) is 0 Å². The monoisotopic (exact) mass is 335 g/mol. The molecule has 1 aromatic rings. The first-order valence-corrected chi connectivity index (χ1v) is 8.44. The van der Waals surface area contributed by atoms with E-state index in [2.05, 4.69) is 17.1 Å². The van der Waals surface area contributed by atoms with Crippen LogP contribution in [0.25, 0.3) is 0 Å². The van der Waals surface area contributed by atoms with Crippen LogP contribution in [0.1, 0.15) is 18.9 Å². The molecule has 1 aliphatic heterocycles. The second kappa shape index (κ2) is 9.37. The van der Waals surface area contributed by atoms with Crippen molar-refractivity contribution in [3.63, 3.8) is 0 Å². The maximum Gasteiger partial charge on any atom is 0.194 e. The van der Waals surface area contributed by atoms with Gasteiger partial charge in [0.1, 0.15) is 0 Å². The van der Waals surface area contributed by atoms with Crippen LogP contribution in [0, 0.1) is 5.92 Å². The number of methoxy groups -OCH3 is 3. The Morgan fingerprint density at radius 1 is 1.25 bits per heavy atom. The molecule has 6 heteroatoms. The van der Waals surface area contributed by atoms with Crippen molar-refractivity contribution in [2.75, 3.05) is 47.6 Å². The fourth-order valence-electron chi connectivity index (χ4n) is 2.97. The summed E-state index contributed by atoms with van der Waals surface area (Å²) in [5.74, 6) is 3.02. The van der Waals surface area contributed by atoms with Crippen molar-refractivity contribution in [3.05, 3.63) is 23.8 Å². The summed E-state index contributed by atoms with van der Waals surface area (Å²) in [6, 6.07) is 5.91. The highest BCUT2D eigenvalue weighted by atomic mass is 16.5. The highest BCUT2D eigenvalue weighted by Crippen LogP contribution is 2.27. The van der Waals surface area contributed by atoms with Gasteiger partial charge in [0.05, 0.1) is 27.4 Å². The summed E-state index contributed by atoms with van der Waals surface area (Å²) in [5.41, 5.74) is 1.09. The first kappa shape index (κ1) is 18.4. The molecular weight excluding hydrogens is 306 g/mol. The van der Waals surface area contributed by atoms with E-state index in [9.17, 15) is 0 Å². The van der Waals surface area contributed by atoms with Crippen LogP contribution in [-0.4, -0.2) is 58.4 Å². The van der Waals surface area contributed by atoms with Crippen LogP contribution in [0.15, 0.2) is 23.2 Å². The summed E-state index contributed by atoms with van der Waals surface area (Å²) in [7, 11) is 5.05. The normalized spacial score (nSPS) is 17.9. The van der Waals surface area contributed by atoms with Crippen molar-refractivity contribution in [3.8, 4) is 11.5 Å². The number of guanidine groups is 1. The van der Waals surface area contributed by atoms with Crippen molar-refractivity contribution < 1.29 is 14.2 Å². The smallest absolute Gasteiger partial charge is 0.194 e. The lowest BCUT2D eigenvalue weighted by molar-refractivity contribution is 0.157. The minimum absolute atomic E-state index is 0.583. The van der Waals surface area contributed by atoms with Crippen molar-refractivity contribution in [1.29, 1.82) is 0 Å². The number of nitrogens with zero attached hydrogens (tertiary/aromatic N) is 2. The molecule has 0 spiro atoms. The highest BCUT2D eigenvalue weighted by Gasteiger charge is 2.24. The Balaban J connectivity index is 2.06. The van der Waals surface area contributed by atoms with Gasteiger partial charge in [0.2, 0.25) is 0 Å². The zero-order valence-corrected chi connectivity index (χ0v) is 15.2. The van der Waals surface area contributed by atoms with E-state index in [4.69, 9.17) is 19.2 Å². The molecule has 134 valence electrons. The Morgan fingerprint density at radius 3 is 2.71 bits per heavy atom. The van der Waals surface area contributed by atoms with E-state index in [1.54, 1.807) is 21.3 Å². The van der Waals surface area contributed by atoms with Gasteiger partial charge in [0.25, 0.3) is 0 Å². The van der Waals surface area contributed by atoms with E-state index in [1.807, 2.05) is 18.2 Å². The maximum atomic E-state index is 5.36. The molecule has 6 nitrogen and oxygen atoms in total. The van der Waals surface area contributed by atoms with Gasteiger partial charge in [-0.05, 0) is 31.0 Å². The summed E-state index contributed by atoms with van der Waals surface area (Å²) < 4.78 is 15.9. The number of hydrogen-bond acceptors (Lipinski definition) is 4. The average Bonchev–Trinajstić information content (AvgIpc) is 3.07. The molecule has 1 atom stereocenters. The van der Waals surface area contributed by atoms with Crippen molar-refractivity contribution in [2.45, 2.75) is 19.9 Å². The van der Waals surface area contributed by atoms with Crippen LogP contribution in [0.3, 0.4) is 0 Å². The summed E-state index contributed by atoms with van der Waals surface area (Å²) in [6.07, 6.45) is 1.15. The number of hydrogen-bond donors (Lipinski definition) is 1. The van der Waals surface area contributed by atoms with Gasteiger partial charge in [-0.25, -0.2) is 4.99 Å². The first-order chi connectivity index (χ1) is 11.7. The standard InChI is InChI=1S/C18H29N3O3/c1-5-19-18(21-9-8-15(12-21)13-22-2)20-11-14-6-7-16(23-3)17(10-14)24-4/h6-7,10,15H,5,8-9,11-13H2,1-4H3,(H,19,20). The lowest BCUT2D eigenvalue weighted by Crippen LogP contribution is -2.40. The number of ether oxygens (including phenoxy) is 3. The van der Waals surface area contributed by atoms with E-state index in [0.29, 0.717) is 12.5 Å². The lowest BCUT2D eigenvalue weighted by atomic mass is 10.1. The predicted molar refractivity (Wildman–Crippen MR) is 95.9 cm³/mol. The summed E-state index contributed by atoms with van der Waals surface area (Å²) in [6.45, 7) is 6.38. The van der Waals surface area contributed by atoms with Crippen molar-refractivity contribution >= 4 is 5.96 Å². The molecule has 0 saturated carbocycles. The third-order valence-corrected chi connectivity index (χ3v) is 4.18. The van der Waals surface area contributed by atoms with Crippen LogP contribution in [-0.2, 0) is 11.3 Å². The number of benzene rings is 1. The molecule has 1 saturated heterocycles. The quantitative estimate of drug-likeness (QED) is 0.611. The molecule has 0 aromatic heterocycles. The van der Waals surface area contributed by atoms with Crippen LogP contribution >= 0.6 is 0 Å². The van der Waals surface area contributed by atoms with E-state index in [0.717, 1.165) is 55.7 Å². The first-order valence-electron chi connectivity index (χ1n) is 8.44. The summed E-state index contributed by atoms with van der Waals surface area (Å²) >= 11 is 0. The van der Waals surface area contributed by atoms with Crippen molar-refractivity contribution in [2.24, 2.45) is 10.9 Å². The van der Waals surface area contributed by atoms with Gasteiger partial charge < -0.3 is 24.4 Å². The number of likely N-dealkylation sites (tertiary alicyclic amines) is 1. The van der Waals surface area contributed by atoms with Gasteiger partial charge in [0.15, 0.2) is 17.5 Å². The van der Waals surface area contributed by atoms with Crippen LogP contribution < -0.4 is 14.8 Å². The zero-order chi connectivity index (χ0) is 17.4. The molecule has 2 rings (SSSR count). The number of nitrogens with one attached hydrogen (secondary N) is 1. The average molecular weight is 335 g/mol. The maximum absolute atomic E-state index is 5.36. The SMILES string of the molecule is CCNC(=NCc1ccc(OC)c(OC)c1)N1CCC(COC)C1. The van der Waals surface area contributed by atoms with E-state index in [-0.39, 0.29) is 0 Å². The highest BCUT2D eigenvalue weighted by molar-refractivity contribution is 5.80. The van der Waals surface area contributed by atoms with Crippen molar-refractivity contribution in [1.82, 2.24) is 10.2 Å². The number of aliphatic imine (C=N–C) groups is 1. The second-order valence-electron chi connectivity index (χ2n) is 5.92. The van der Waals surface area contributed by atoms with Crippen LogP contribution in [0.4, 0.5) is 0 Å². The Hall–Kier alpha value is -1.95. The molecule has 1 unspecified atom stereocenters. The Morgan fingerprint density at radius 2 is 2.04 bits per heavy atom. The molecule has 1 heterocycles. The van der Waals surface area contributed by atoms with Crippen LogP contribution in [0.5, 0.6) is 11.5 Å². The predicted octanol–water partition coefficient (Wildman–Crippen LogP) is 2.14. The van der Waals surface area contributed by atoms with E-state index in [1.165, 1.54) is 0 Å². The summed E-state index contributed by atoms with van der Waals surface area (Å²) in [5, 5.41) is 3.39. The van der Waals surface area contributed by atoms with Gasteiger partial charge in [0, 0.05) is 32.7 Å². The molecule has 1 fully saturated rings. The topological polar surface area (TPSA) is 55.3 Å². The molecule has 0 aliphatic carbocycles. The lowest BCUT2D eigenvalue weighted by Gasteiger charge is -2.21. The van der Waals surface area contributed by atoms with Gasteiger partial charge in [-0.3, -0.25) is 0 Å². The molecule has 0 bridgehead atoms. The molecule has 1 aromatic carbocycles. The Labute approximate surface area is 144 Å². The molecule has 24 heavy (non-hydrogen) atoms. The summed E-state index contributed by atoms with van der Waals surface area (Å²) in [4.78, 5) is 7.10. The molecule has 1 N–H and O–H groups in total.